The van der Waals surface area contributed by atoms with Gasteiger partial charge in [0, 0.05) is 19.7 Å². The molecule has 1 aliphatic rings. The summed E-state index contributed by atoms with van der Waals surface area (Å²) in [5.41, 5.74) is 2.37. The van der Waals surface area contributed by atoms with Gasteiger partial charge < -0.3 is 14.7 Å². The second-order valence-corrected chi connectivity index (χ2v) is 6.22. The molecule has 1 aromatic carbocycles. The molecule has 4 nitrogen and oxygen atoms in total. The number of aryl methyl sites for hydroxylation is 2. The summed E-state index contributed by atoms with van der Waals surface area (Å²) in [5.74, 6) is 1.36. The number of aliphatic hydroxyl groups is 1. The van der Waals surface area contributed by atoms with E-state index in [4.69, 9.17) is 4.74 Å². The zero-order valence-electron chi connectivity index (χ0n) is 13.1. The molecule has 21 heavy (non-hydrogen) atoms. The van der Waals surface area contributed by atoms with Crippen molar-refractivity contribution in [2.75, 3.05) is 26.3 Å². The molecule has 1 N–H and O–H groups in total. The van der Waals surface area contributed by atoms with E-state index in [0.717, 1.165) is 24.3 Å². The molecule has 1 heterocycles. The van der Waals surface area contributed by atoms with Crippen molar-refractivity contribution in [1.29, 1.82) is 0 Å². The summed E-state index contributed by atoms with van der Waals surface area (Å²) in [5, 5.41) is 9.30. The lowest BCUT2D eigenvalue weighted by atomic mass is 9.91. The van der Waals surface area contributed by atoms with Crippen LogP contribution in [0.2, 0.25) is 0 Å². The van der Waals surface area contributed by atoms with E-state index in [2.05, 4.69) is 13.8 Å². The first-order valence-electron chi connectivity index (χ1n) is 7.58. The molecule has 0 saturated carbocycles. The first-order chi connectivity index (χ1) is 9.99. The molecule has 1 aromatic rings. The van der Waals surface area contributed by atoms with Crippen LogP contribution in [0.25, 0.3) is 0 Å². The van der Waals surface area contributed by atoms with E-state index < -0.39 is 0 Å². The molecule has 1 saturated heterocycles. The fourth-order valence-electron chi connectivity index (χ4n) is 2.86. The Labute approximate surface area is 126 Å². The minimum Gasteiger partial charge on any atom is -0.484 e. The van der Waals surface area contributed by atoms with E-state index in [0.29, 0.717) is 12.5 Å². The number of aliphatic hydroxyl groups excluding tert-OH is 1. The first kappa shape index (κ1) is 15.8. The van der Waals surface area contributed by atoms with E-state index in [1.807, 2.05) is 30.0 Å². The summed E-state index contributed by atoms with van der Waals surface area (Å²) in [6, 6.07) is 5.85. The summed E-state index contributed by atoms with van der Waals surface area (Å²) in [7, 11) is 0. The third kappa shape index (κ3) is 4.21. The van der Waals surface area contributed by atoms with Crippen molar-refractivity contribution < 1.29 is 14.6 Å². The normalized spacial score (nSPS) is 22.2. The fraction of sp³-hybridized carbons (Fsp3) is 0.588. The smallest absolute Gasteiger partial charge is 0.260 e. The molecule has 0 bridgehead atoms. The highest BCUT2D eigenvalue weighted by Crippen LogP contribution is 2.21. The lowest BCUT2D eigenvalue weighted by Gasteiger charge is -2.35. The molecule has 1 amide bonds. The zero-order valence-corrected chi connectivity index (χ0v) is 13.1. The molecular formula is C17H25NO3. The van der Waals surface area contributed by atoms with E-state index in [1.54, 1.807) is 0 Å². The summed E-state index contributed by atoms with van der Waals surface area (Å²) in [4.78, 5) is 14.1. The number of likely N-dealkylation sites (tertiary alicyclic amines) is 1. The maximum Gasteiger partial charge on any atom is 0.260 e. The molecule has 2 atom stereocenters. The molecule has 0 aliphatic carbocycles. The number of hydrogen-bond acceptors (Lipinski definition) is 3. The van der Waals surface area contributed by atoms with Crippen LogP contribution < -0.4 is 4.74 Å². The van der Waals surface area contributed by atoms with Gasteiger partial charge in [0.15, 0.2) is 6.61 Å². The van der Waals surface area contributed by atoms with Gasteiger partial charge in [-0.25, -0.2) is 0 Å². The number of hydrogen-bond donors (Lipinski definition) is 1. The predicted octanol–water partition coefficient (Wildman–Crippen LogP) is 2.16. The topological polar surface area (TPSA) is 49.8 Å². The highest BCUT2D eigenvalue weighted by molar-refractivity contribution is 5.77. The second-order valence-electron chi connectivity index (χ2n) is 6.22. The van der Waals surface area contributed by atoms with E-state index >= 15 is 0 Å². The molecule has 2 rings (SSSR count). The van der Waals surface area contributed by atoms with Crippen LogP contribution in [0.5, 0.6) is 5.75 Å². The van der Waals surface area contributed by atoms with Crippen molar-refractivity contribution in [2.24, 2.45) is 11.8 Å². The van der Waals surface area contributed by atoms with Crippen molar-refractivity contribution in [2.45, 2.75) is 27.2 Å². The van der Waals surface area contributed by atoms with Gasteiger partial charge in [0.05, 0.1) is 0 Å². The van der Waals surface area contributed by atoms with E-state index in [-0.39, 0.29) is 25.0 Å². The predicted molar refractivity (Wildman–Crippen MR) is 82.3 cm³/mol. The first-order valence-corrected chi connectivity index (χ1v) is 7.58. The van der Waals surface area contributed by atoms with Crippen molar-refractivity contribution in [3.8, 4) is 5.75 Å². The Balaban J connectivity index is 1.90. The molecule has 4 heteroatoms. The Morgan fingerprint density at radius 3 is 2.76 bits per heavy atom. The van der Waals surface area contributed by atoms with Gasteiger partial charge in [0.2, 0.25) is 0 Å². The standard InChI is InChI=1S/C17H25NO3/c1-12-6-15(10-19)9-18(8-12)17(20)11-21-16-5-4-13(2)14(3)7-16/h4-5,7,12,15,19H,6,8-11H2,1-3H3/t12-,15+/m1/s1. The number of benzene rings is 1. The largest absolute Gasteiger partial charge is 0.484 e. The molecule has 0 aromatic heterocycles. The Bertz CT molecular complexity index is 501. The quantitative estimate of drug-likeness (QED) is 0.925. The van der Waals surface area contributed by atoms with Crippen LogP contribution in [0, 0.1) is 25.7 Å². The number of ether oxygens (including phenoxy) is 1. The molecule has 1 aliphatic heterocycles. The number of piperidine rings is 1. The third-order valence-electron chi connectivity index (χ3n) is 4.20. The average Bonchev–Trinajstić information content (AvgIpc) is 2.47. The van der Waals surface area contributed by atoms with E-state index in [9.17, 15) is 9.90 Å². The number of amides is 1. The fourth-order valence-corrected chi connectivity index (χ4v) is 2.86. The van der Waals surface area contributed by atoms with Gasteiger partial charge in [-0.1, -0.05) is 13.0 Å². The third-order valence-corrected chi connectivity index (χ3v) is 4.20. The van der Waals surface area contributed by atoms with Crippen molar-refractivity contribution in [3.05, 3.63) is 29.3 Å². The van der Waals surface area contributed by atoms with Crippen LogP contribution in [0.3, 0.4) is 0 Å². The lowest BCUT2D eigenvalue weighted by Crippen LogP contribution is -2.46. The van der Waals surface area contributed by atoms with Crippen LogP contribution in [0.4, 0.5) is 0 Å². The van der Waals surface area contributed by atoms with Gasteiger partial charge in [-0.2, -0.15) is 0 Å². The van der Waals surface area contributed by atoms with Gasteiger partial charge in [0.1, 0.15) is 5.75 Å². The Kier molecular flexibility index (Phi) is 5.23. The lowest BCUT2D eigenvalue weighted by molar-refractivity contribution is -0.136. The van der Waals surface area contributed by atoms with Crippen molar-refractivity contribution >= 4 is 5.91 Å². The number of carbonyl (C=O) groups excluding carboxylic acids is 1. The van der Waals surface area contributed by atoms with Crippen LogP contribution >= 0.6 is 0 Å². The Hall–Kier alpha value is -1.55. The number of nitrogens with zero attached hydrogens (tertiary/aromatic N) is 1. The highest BCUT2D eigenvalue weighted by Gasteiger charge is 2.27. The molecule has 116 valence electrons. The molecule has 0 unspecified atom stereocenters. The van der Waals surface area contributed by atoms with Crippen LogP contribution in [0.1, 0.15) is 24.5 Å². The van der Waals surface area contributed by atoms with Crippen molar-refractivity contribution in [3.63, 3.8) is 0 Å². The second kappa shape index (κ2) is 6.94. The summed E-state index contributed by atoms with van der Waals surface area (Å²) in [6.45, 7) is 7.80. The minimum absolute atomic E-state index is 0.00164. The summed E-state index contributed by atoms with van der Waals surface area (Å²) in [6.07, 6.45) is 0.984. The van der Waals surface area contributed by atoms with Gasteiger partial charge in [-0.05, 0) is 55.4 Å². The molecular weight excluding hydrogens is 266 g/mol. The average molecular weight is 291 g/mol. The minimum atomic E-state index is -0.00164. The zero-order chi connectivity index (χ0) is 15.4. The van der Waals surface area contributed by atoms with Gasteiger partial charge in [-0.15, -0.1) is 0 Å². The van der Waals surface area contributed by atoms with Crippen molar-refractivity contribution in [1.82, 2.24) is 4.90 Å². The van der Waals surface area contributed by atoms with Crippen LogP contribution in [-0.2, 0) is 4.79 Å². The van der Waals surface area contributed by atoms with Gasteiger partial charge in [-0.3, -0.25) is 4.79 Å². The molecule has 0 spiro atoms. The van der Waals surface area contributed by atoms with Gasteiger partial charge in [0.25, 0.3) is 5.91 Å². The Morgan fingerprint density at radius 2 is 2.10 bits per heavy atom. The maximum atomic E-state index is 12.2. The Morgan fingerprint density at radius 1 is 1.33 bits per heavy atom. The SMILES string of the molecule is Cc1ccc(OCC(=O)N2C[C@H](C)C[C@H](CO)C2)cc1C. The summed E-state index contributed by atoms with van der Waals surface area (Å²) >= 11 is 0. The number of carbonyl (C=O) groups is 1. The molecule has 1 fully saturated rings. The van der Waals surface area contributed by atoms with E-state index in [1.165, 1.54) is 5.56 Å². The van der Waals surface area contributed by atoms with Crippen LogP contribution in [0.15, 0.2) is 18.2 Å². The van der Waals surface area contributed by atoms with Crippen LogP contribution in [-0.4, -0.2) is 42.2 Å². The monoisotopic (exact) mass is 291 g/mol. The number of rotatable bonds is 4. The summed E-state index contributed by atoms with van der Waals surface area (Å²) < 4.78 is 5.61. The molecule has 0 radical (unpaired) electrons. The maximum absolute atomic E-state index is 12.2. The highest BCUT2D eigenvalue weighted by atomic mass is 16.5. The van der Waals surface area contributed by atoms with Gasteiger partial charge >= 0.3 is 0 Å².